The third kappa shape index (κ3) is 4.93. The Bertz CT molecular complexity index is 355. The van der Waals surface area contributed by atoms with Crippen LogP contribution >= 0.6 is 43.2 Å². The van der Waals surface area contributed by atoms with Gasteiger partial charge in [-0.3, -0.25) is 11.3 Å². The van der Waals surface area contributed by atoms with E-state index < -0.39 is 0 Å². The molecule has 5 heteroatoms. The first-order valence-electron chi connectivity index (χ1n) is 6.53. The molecule has 1 aromatic rings. The first kappa shape index (κ1) is 16.6. The van der Waals surface area contributed by atoms with Crippen molar-refractivity contribution in [2.24, 2.45) is 11.8 Å². The van der Waals surface area contributed by atoms with Crippen LogP contribution in [-0.2, 0) is 0 Å². The van der Waals surface area contributed by atoms with Gasteiger partial charge >= 0.3 is 0 Å². The number of unbranched alkanes of at least 4 members (excludes halogenated alkanes) is 1. The maximum Gasteiger partial charge on any atom is 0.0758 e. The molecule has 1 rings (SSSR count). The lowest BCUT2D eigenvalue weighted by Gasteiger charge is -2.22. The third-order valence-corrected chi connectivity index (χ3v) is 5.76. The molecular weight excluding hydrogens is 376 g/mol. The van der Waals surface area contributed by atoms with Gasteiger partial charge < -0.3 is 0 Å². The molecule has 1 aromatic heterocycles. The Hall–Kier alpha value is 0.580. The summed E-state index contributed by atoms with van der Waals surface area (Å²) in [5.41, 5.74) is 4.24. The minimum absolute atomic E-state index is 0.240. The monoisotopic (exact) mass is 396 g/mol. The van der Waals surface area contributed by atoms with Crippen LogP contribution in [0.5, 0.6) is 0 Å². The quantitative estimate of drug-likeness (QED) is 0.456. The summed E-state index contributed by atoms with van der Waals surface area (Å²) in [4.78, 5) is 0. The molecule has 0 aliphatic rings. The standard InChI is InChI=1S/C13H22Br2N2S/c1-3-5-6-9(4-2)7-11(17-16)10-8-12(14)18-13(10)15/h8-9,11,17H,3-7,16H2,1-2H3. The number of halogens is 2. The van der Waals surface area contributed by atoms with Crippen LogP contribution in [-0.4, -0.2) is 0 Å². The molecule has 2 unspecified atom stereocenters. The predicted molar refractivity (Wildman–Crippen MR) is 87.7 cm³/mol. The Labute approximate surface area is 131 Å². The van der Waals surface area contributed by atoms with Gasteiger partial charge in [0.25, 0.3) is 0 Å². The number of nitrogens with two attached hydrogens (primary N) is 1. The number of hydrogen-bond acceptors (Lipinski definition) is 3. The Morgan fingerprint density at radius 3 is 2.56 bits per heavy atom. The highest BCUT2D eigenvalue weighted by Gasteiger charge is 2.19. The molecule has 2 atom stereocenters. The first-order chi connectivity index (χ1) is 8.62. The number of rotatable bonds is 8. The smallest absolute Gasteiger partial charge is 0.0758 e. The van der Waals surface area contributed by atoms with Crippen molar-refractivity contribution < 1.29 is 0 Å². The number of thiophene rings is 1. The summed E-state index contributed by atoms with van der Waals surface area (Å²) in [6.45, 7) is 4.52. The minimum atomic E-state index is 0.240. The van der Waals surface area contributed by atoms with Crippen LogP contribution < -0.4 is 11.3 Å². The molecule has 0 bridgehead atoms. The van der Waals surface area contributed by atoms with Gasteiger partial charge in [0, 0.05) is 6.04 Å². The van der Waals surface area contributed by atoms with Crippen LogP contribution in [0, 0.1) is 5.92 Å². The van der Waals surface area contributed by atoms with E-state index in [1.807, 2.05) is 0 Å². The topological polar surface area (TPSA) is 38.0 Å². The van der Waals surface area contributed by atoms with Crippen molar-refractivity contribution in [1.82, 2.24) is 5.43 Å². The first-order valence-corrected chi connectivity index (χ1v) is 8.93. The molecule has 0 fully saturated rings. The molecule has 0 saturated heterocycles. The van der Waals surface area contributed by atoms with Crippen molar-refractivity contribution >= 4 is 43.2 Å². The van der Waals surface area contributed by atoms with Gasteiger partial charge in [-0.05, 0) is 55.8 Å². The zero-order valence-corrected chi connectivity index (χ0v) is 15.0. The van der Waals surface area contributed by atoms with E-state index in [9.17, 15) is 0 Å². The fraction of sp³-hybridized carbons (Fsp3) is 0.692. The van der Waals surface area contributed by atoms with Gasteiger partial charge in [-0.2, -0.15) is 0 Å². The third-order valence-electron chi connectivity index (χ3n) is 3.37. The van der Waals surface area contributed by atoms with E-state index in [1.165, 1.54) is 35.0 Å². The molecule has 0 amide bonds. The van der Waals surface area contributed by atoms with Crippen molar-refractivity contribution in [3.63, 3.8) is 0 Å². The minimum Gasteiger partial charge on any atom is -0.271 e. The highest BCUT2D eigenvalue weighted by Crippen LogP contribution is 2.38. The van der Waals surface area contributed by atoms with Crippen molar-refractivity contribution in [2.75, 3.05) is 0 Å². The summed E-state index contributed by atoms with van der Waals surface area (Å²) in [5, 5.41) is 0. The lowest BCUT2D eigenvalue weighted by Crippen LogP contribution is -2.29. The largest absolute Gasteiger partial charge is 0.271 e. The van der Waals surface area contributed by atoms with Crippen LogP contribution in [0.2, 0.25) is 0 Å². The van der Waals surface area contributed by atoms with Crippen LogP contribution in [0.4, 0.5) is 0 Å². The molecule has 0 saturated carbocycles. The van der Waals surface area contributed by atoms with Gasteiger partial charge in [0.05, 0.1) is 7.57 Å². The molecule has 3 N–H and O–H groups in total. The highest BCUT2D eigenvalue weighted by atomic mass is 79.9. The van der Waals surface area contributed by atoms with Crippen LogP contribution in [0.15, 0.2) is 13.6 Å². The van der Waals surface area contributed by atoms with Gasteiger partial charge in [0.2, 0.25) is 0 Å². The van der Waals surface area contributed by atoms with Gasteiger partial charge in [-0.25, -0.2) is 0 Å². The average molecular weight is 398 g/mol. The molecule has 0 aliphatic carbocycles. The summed E-state index contributed by atoms with van der Waals surface area (Å²) in [5.74, 6) is 6.48. The maximum absolute atomic E-state index is 5.73. The molecule has 104 valence electrons. The molecule has 2 nitrogen and oxygen atoms in total. The fourth-order valence-electron chi connectivity index (χ4n) is 2.19. The number of hydrazine groups is 1. The van der Waals surface area contributed by atoms with E-state index in [-0.39, 0.29) is 6.04 Å². The van der Waals surface area contributed by atoms with E-state index >= 15 is 0 Å². The second-order valence-electron chi connectivity index (χ2n) is 4.65. The molecular formula is C13H22Br2N2S. The van der Waals surface area contributed by atoms with Crippen molar-refractivity contribution in [1.29, 1.82) is 0 Å². The molecule has 18 heavy (non-hydrogen) atoms. The normalized spacial score (nSPS) is 14.7. The fourth-order valence-corrected chi connectivity index (χ4v) is 5.16. The maximum atomic E-state index is 5.73. The van der Waals surface area contributed by atoms with E-state index in [1.54, 1.807) is 11.3 Å². The van der Waals surface area contributed by atoms with Gasteiger partial charge in [-0.1, -0.05) is 39.5 Å². The number of hydrogen-bond donors (Lipinski definition) is 2. The Balaban J connectivity index is 2.68. The second kappa shape index (κ2) is 8.69. The summed E-state index contributed by atoms with van der Waals surface area (Å²) in [6, 6.07) is 2.40. The lowest BCUT2D eigenvalue weighted by atomic mass is 9.90. The summed E-state index contributed by atoms with van der Waals surface area (Å²) in [6.07, 6.45) is 6.21. The lowest BCUT2D eigenvalue weighted by molar-refractivity contribution is 0.356. The van der Waals surface area contributed by atoms with E-state index in [0.29, 0.717) is 0 Å². The van der Waals surface area contributed by atoms with Gasteiger partial charge in [0.15, 0.2) is 0 Å². The van der Waals surface area contributed by atoms with Crippen LogP contribution in [0.3, 0.4) is 0 Å². The molecule has 0 aliphatic heterocycles. The Kier molecular flexibility index (Phi) is 8.03. The van der Waals surface area contributed by atoms with Crippen LogP contribution in [0.1, 0.15) is 57.6 Å². The molecule has 0 aromatic carbocycles. The summed E-state index contributed by atoms with van der Waals surface area (Å²) in [7, 11) is 0. The zero-order chi connectivity index (χ0) is 13.5. The average Bonchev–Trinajstić information content (AvgIpc) is 2.69. The van der Waals surface area contributed by atoms with E-state index in [2.05, 4.69) is 57.2 Å². The Morgan fingerprint density at radius 2 is 2.11 bits per heavy atom. The molecule has 0 spiro atoms. The van der Waals surface area contributed by atoms with Crippen molar-refractivity contribution in [3.8, 4) is 0 Å². The highest BCUT2D eigenvalue weighted by molar-refractivity contribution is 9.12. The predicted octanol–water partition coefficient (Wildman–Crippen LogP) is 5.38. The SMILES string of the molecule is CCCCC(CC)CC(NN)c1cc(Br)sc1Br. The van der Waals surface area contributed by atoms with Crippen molar-refractivity contribution in [3.05, 3.63) is 19.2 Å². The molecule has 0 radical (unpaired) electrons. The van der Waals surface area contributed by atoms with Gasteiger partial charge in [0.1, 0.15) is 0 Å². The summed E-state index contributed by atoms with van der Waals surface area (Å²) < 4.78 is 2.31. The summed E-state index contributed by atoms with van der Waals surface area (Å²) >= 11 is 8.84. The van der Waals surface area contributed by atoms with Crippen molar-refractivity contribution in [2.45, 2.75) is 52.0 Å². The van der Waals surface area contributed by atoms with E-state index in [0.717, 1.165) is 16.1 Å². The van der Waals surface area contributed by atoms with Crippen LogP contribution in [0.25, 0.3) is 0 Å². The van der Waals surface area contributed by atoms with Gasteiger partial charge in [-0.15, -0.1) is 11.3 Å². The number of nitrogens with one attached hydrogen (secondary N) is 1. The Morgan fingerprint density at radius 1 is 1.39 bits per heavy atom. The zero-order valence-electron chi connectivity index (χ0n) is 11.0. The molecule has 1 heterocycles. The second-order valence-corrected chi connectivity index (χ2v) is 8.40. The van der Waals surface area contributed by atoms with E-state index in [4.69, 9.17) is 5.84 Å².